The van der Waals surface area contributed by atoms with E-state index in [0.717, 1.165) is 19.3 Å². The molecule has 0 aromatic carbocycles. The molecule has 2 heterocycles. The number of aliphatic hydroxyl groups excluding tert-OH is 1. The molecule has 0 spiro atoms. The third-order valence-electron chi connectivity index (χ3n) is 3.34. The zero-order valence-electron chi connectivity index (χ0n) is 12.0. The summed E-state index contributed by atoms with van der Waals surface area (Å²) in [5, 5.41) is 8.72. The molecule has 1 amide bonds. The number of nitrogens with zero attached hydrogens (tertiary/aromatic N) is 3. The maximum Gasteiger partial charge on any atom is 0.270 e. The van der Waals surface area contributed by atoms with Gasteiger partial charge in [-0.1, -0.05) is 6.07 Å². The number of hydrogen-bond acceptors (Lipinski definition) is 4. The molecule has 6 nitrogen and oxygen atoms in total. The largest absolute Gasteiger partial charge is 0.396 e. The van der Waals surface area contributed by atoms with Gasteiger partial charge in [-0.2, -0.15) is 0 Å². The molecule has 0 fully saturated rings. The van der Waals surface area contributed by atoms with Gasteiger partial charge in [0.25, 0.3) is 11.5 Å². The second kappa shape index (κ2) is 6.99. The molecule has 0 atom stereocenters. The number of carbonyl (C=O) groups is 1. The van der Waals surface area contributed by atoms with Gasteiger partial charge >= 0.3 is 0 Å². The van der Waals surface area contributed by atoms with Gasteiger partial charge < -0.3 is 10.0 Å². The van der Waals surface area contributed by atoms with Gasteiger partial charge in [-0.3, -0.25) is 14.0 Å². The van der Waals surface area contributed by atoms with Crippen molar-refractivity contribution in [3.8, 4) is 0 Å². The molecular weight excluding hydrogens is 270 g/mol. The number of fused-ring (bicyclic) bond motifs is 1. The quantitative estimate of drug-likeness (QED) is 0.803. The highest BCUT2D eigenvalue weighted by molar-refractivity contribution is 5.93. The van der Waals surface area contributed by atoms with Gasteiger partial charge in [-0.05, 0) is 31.4 Å². The SMILES string of the molecule is CN(CCCCCO)C(=O)c1cnc2ccccn2c1=O. The second-order valence-electron chi connectivity index (χ2n) is 4.92. The number of pyridine rings is 1. The number of aromatic nitrogens is 2. The van der Waals surface area contributed by atoms with Gasteiger partial charge in [0, 0.05) is 32.6 Å². The van der Waals surface area contributed by atoms with Gasteiger partial charge in [-0.25, -0.2) is 4.98 Å². The number of unbranched alkanes of at least 4 members (excludes halogenated alkanes) is 2. The molecule has 0 aliphatic carbocycles. The lowest BCUT2D eigenvalue weighted by Crippen LogP contribution is -2.33. The smallest absolute Gasteiger partial charge is 0.270 e. The molecule has 2 aromatic rings. The Labute approximate surface area is 122 Å². The van der Waals surface area contributed by atoms with Crippen LogP contribution in [0.2, 0.25) is 0 Å². The van der Waals surface area contributed by atoms with Crippen molar-refractivity contribution >= 4 is 11.6 Å². The molecule has 0 radical (unpaired) electrons. The van der Waals surface area contributed by atoms with Crippen LogP contribution in [0.3, 0.4) is 0 Å². The van der Waals surface area contributed by atoms with E-state index in [4.69, 9.17) is 5.11 Å². The van der Waals surface area contributed by atoms with E-state index in [-0.39, 0.29) is 23.6 Å². The predicted molar refractivity (Wildman–Crippen MR) is 79.4 cm³/mol. The highest BCUT2D eigenvalue weighted by atomic mass is 16.3. The summed E-state index contributed by atoms with van der Waals surface area (Å²) in [5.41, 5.74) is 0.237. The Morgan fingerprint density at radius 1 is 1.33 bits per heavy atom. The molecule has 2 aromatic heterocycles. The molecular formula is C15H19N3O3. The van der Waals surface area contributed by atoms with E-state index < -0.39 is 0 Å². The highest BCUT2D eigenvalue weighted by Crippen LogP contribution is 2.03. The van der Waals surface area contributed by atoms with Crippen molar-refractivity contribution in [2.24, 2.45) is 0 Å². The summed E-state index contributed by atoms with van der Waals surface area (Å²) in [4.78, 5) is 30.2. The lowest BCUT2D eigenvalue weighted by Gasteiger charge is -2.16. The third-order valence-corrected chi connectivity index (χ3v) is 3.34. The Morgan fingerprint density at radius 3 is 2.90 bits per heavy atom. The van der Waals surface area contributed by atoms with Crippen molar-refractivity contribution in [2.75, 3.05) is 20.2 Å². The lowest BCUT2D eigenvalue weighted by molar-refractivity contribution is 0.0790. The molecule has 112 valence electrons. The minimum absolute atomic E-state index is 0.0726. The minimum atomic E-state index is -0.354. The first-order valence-corrected chi connectivity index (χ1v) is 6.98. The van der Waals surface area contributed by atoms with Crippen molar-refractivity contribution in [3.63, 3.8) is 0 Å². The highest BCUT2D eigenvalue weighted by Gasteiger charge is 2.16. The number of hydrogen-bond donors (Lipinski definition) is 1. The summed E-state index contributed by atoms with van der Waals surface area (Å²) in [6.07, 6.45) is 5.31. The Balaban J connectivity index is 2.16. The maximum atomic E-state index is 12.3. The Kier molecular flexibility index (Phi) is 5.05. The average molecular weight is 289 g/mol. The van der Waals surface area contributed by atoms with E-state index in [1.165, 1.54) is 15.5 Å². The molecule has 2 rings (SSSR count). The van der Waals surface area contributed by atoms with Crippen LogP contribution < -0.4 is 5.56 Å². The van der Waals surface area contributed by atoms with Crippen LogP contribution in [0.15, 0.2) is 35.4 Å². The normalized spacial score (nSPS) is 10.8. The van der Waals surface area contributed by atoms with E-state index >= 15 is 0 Å². The van der Waals surface area contributed by atoms with Crippen molar-refractivity contribution in [2.45, 2.75) is 19.3 Å². The summed E-state index contributed by atoms with van der Waals surface area (Å²) in [6.45, 7) is 0.712. The van der Waals surface area contributed by atoms with E-state index in [2.05, 4.69) is 4.98 Å². The van der Waals surface area contributed by atoms with E-state index in [0.29, 0.717) is 12.2 Å². The molecule has 6 heteroatoms. The first-order valence-electron chi connectivity index (χ1n) is 6.98. The fourth-order valence-electron chi connectivity index (χ4n) is 2.12. The summed E-state index contributed by atoms with van der Waals surface area (Å²) < 4.78 is 1.37. The molecule has 0 saturated carbocycles. The zero-order valence-corrected chi connectivity index (χ0v) is 12.0. The van der Waals surface area contributed by atoms with Crippen LogP contribution in [0.25, 0.3) is 5.65 Å². The van der Waals surface area contributed by atoms with Gasteiger partial charge in [-0.15, -0.1) is 0 Å². The van der Waals surface area contributed by atoms with E-state index in [1.807, 2.05) is 0 Å². The van der Waals surface area contributed by atoms with Crippen molar-refractivity contribution in [1.29, 1.82) is 0 Å². The van der Waals surface area contributed by atoms with Crippen LogP contribution >= 0.6 is 0 Å². The van der Waals surface area contributed by atoms with E-state index in [1.54, 1.807) is 31.4 Å². The number of amides is 1. The van der Waals surface area contributed by atoms with Crippen molar-refractivity contribution < 1.29 is 9.90 Å². The maximum absolute atomic E-state index is 12.3. The molecule has 0 aliphatic heterocycles. The minimum Gasteiger partial charge on any atom is -0.396 e. The molecule has 0 bridgehead atoms. The number of carbonyl (C=O) groups excluding carboxylic acids is 1. The first-order chi connectivity index (χ1) is 10.1. The third kappa shape index (κ3) is 3.46. The Morgan fingerprint density at radius 2 is 2.14 bits per heavy atom. The number of aliphatic hydroxyl groups is 1. The molecule has 21 heavy (non-hydrogen) atoms. The van der Waals surface area contributed by atoms with Gasteiger partial charge in [0.15, 0.2) is 0 Å². The topological polar surface area (TPSA) is 74.9 Å². The molecule has 0 saturated heterocycles. The van der Waals surface area contributed by atoms with E-state index in [9.17, 15) is 9.59 Å². The summed E-state index contributed by atoms with van der Waals surface area (Å²) in [5.74, 6) is -0.324. The van der Waals surface area contributed by atoms with Crippen LogP contribution in [-0.4, -0.2) is 45.5 Å². The number of rotatable bonds is 6. The summed E-state index contributed by atoms with van der Waals surface area (Å²) in [7, 11) is 1.67. The average Bonchev–Trinajstić information content (AvgIpc) is 2.51. The van der Waals surface area contributed by atoms with Crippen LogP contribution in [0.1, 0.15) is 29.6 Å². The molecule has 0 aliphatic rings. The van der Waals surface area contributed by atoms with Crippen LogP contribution in [0.4, 0.5) is 0 Å². The van der Waals surface area contributed by atoms with Crippen LogP contribution in [-0.2, 0) is 0 Å². The zero-order chi connectivity index (χ0) is 15.2. The predicted octanol–water partition coefficient (Wildman–Crippen LogP) is 0.929. The van der Waals surface area contributed by atoms with Crippen molar-refractivity contribution in [1.82, 2.24) is 14.3 Å². The van der Waals surface area contributed by atoms with Gasteiger partial charge in [0.05, 0.1) is 0 Å². The second-order valence-corrected chi connectivity index (χ2v) is 4.92. The molecule has 0 unspecified atom stereocenters. The fourth-order valence-corrected chi connectivity index (χ4v) is 2.12. The first kappa shape index (κ1) is 15.2. The Hall–Kier alpha value is -2.21. The fraction of sp³-hybridized carbons (Fsp3) is 0.400. The lowest BCUT2D eigenvalue weighted by atomic mass is 10.2. The molecule has 1 N–H and O–H groups in total. The Bertz CT molecular complexity index is 681. The standard InChI is InChI=1S/C15H19N3O3/c1-17(8-4-2-6-10-19)14(20)12-11-16-13-7-3-5-9-18(13)15(12)21/h3,5,7,9,11,19H,2,4,6,8,10H2,1H3. The van der Waals surface area contributed by atoms with Gasteiger partial charge in [0.2, 0.25) is 0 Å². The van der Waals surface area contributed by atoms with Crippen LogP contribution in [0.5, 0.6) is 0 Å². The van der Waals surface area contributed by atoms with Gasteiger partial charge in [0.1, 0.15) is 11.2 Å². The summed E-state index contributed by atoms with van der Waals surface area (Å²) >= 11 is 0. The monoisotopic (exact) mass is 289 g/mol. The van der Waals surface area contributed by atoms with Crippen molar-refractivity contribution in [3.05, 3.63) is 46.5 Å². The van der Waals surface area contributed by atoms with Crippen LogP contribution in [0, 0.1) is 0 Å². The summed E-state index contributed by atoms with van der Waals surface area (Å²) in [6, 6.07) is 5.23.